The zero-order valence-electron chi connectivity index (χ0n) is 21.4. The van der Waals surface area contributed by atoms with Crippen molar-refractivity contribution in [2.75, 3.05) is 29.9 Å². The summed E-state index contributed by atoms with van der Waals surface area (Å²) in [7, 11) is 0. The van der Waals surface area contributed by atoms with Gasteiger partial charge in [0.15, 0.2) is 11.6 Å². The Morgan fingerprint density at radius 2 is 1.97 bits per heavy atom. The number of urea groups is 1. The molecular weight excluding hydrogens is 508 g/mol. The van der Waals surface area contributed by atoms with Gasteiger partial charge in [-0.1, -0.05) is 24.3 Å². The molecule has 0 aliphatic carbocycles. The van der Waals surface area contributed by atoms with Crippen LogP contribution < -0.4 is 20.3 Å². The maximum Gasteiger partial charge on any atom is 0.320 e. The Morgan fingerprint density at radius 1 is 1.18 bits per heavy atom. The predicted molar refractivity (Wildman–Crippen MR) is 141 cm³/mol. The van der Waals surface area contributed by atoms with Crippen molar-refractivity contribution in [3.05, 3.63) is 83.7 Å². The van der Waals surface area contributed by atoms with Crippen molar-refractivity contribution >= 4 is 17.5 Å². The molecule has 1 fully saturated rings. The summed E-state index contributed by atoms with van der Waals surface area (Å²) in [4.78, 5) is 15.4. The topological polar surface area (TPSA) is 120 Å². The van der Waals surface area contributed by atoms with Crippen LogP contribution in [0.5, 0.6) is 5.88 Å². The summed E-state index contributed by atoms with van der Waals surface area (Å²) in [5.74, 6) is -1.51. The van der Waals surface area contributed by atoms with E-state index in [-0.39, 0.29) is 18.4 Å². The highest BCUT2D eigenvalue weighted by molar-refractivity contribution is 5.90. The molecule has 3 heterocycles. The Hall–Kier alpha value is -4.45. The summed E-state index contributed by atoms with van der Waals surface area (Å²) in [5.41, 5.74) is 2.68. The average Bonchev–Trinajstić information content (AvgIpc) is 3.66. The van der Waals surface area contributed by atoms with Gasteiger partial charge in [-0.15, -0.1) is 5.10 Å². The molecule has 5 rings (SSSR count). The van der Waals surface area contributed by atoms with E-state index in [1.165, 1.54) is 12.1 Å². The fourth-order valence-corrected chi connectivity index (χ4v) is 4.69. The van der Waals surface area contributed by atoms with Crippen molar-refractivity contribution in [1.82, 2.24) is 25.3 Å². The minimum absolute atomic E-state index is 0.0418. The molecule has 2 aromatic heterocycles. The van der Waals surface area contributed by atoms with E-state index in [1.54, 1.807) is 30.9 Å². The van der Waals surface area contributed by atoms with Gasteiger partial charge in [0.25, 0.3) is 0 Å². The summed E-state index contributed by atoms with van der Waals surface area (Å²) in [6.07, 6.45) is 2.71. The molecule has 12 heteroatoms. The molecule has 1 aliphatic heterocycles. The van der Waals surface area contributed by atoms with E-state index in [0.717, 1.165) is 11.8 Å². The number of hydrogen-bond donors (Lipinski definition) is 4. The van der Waals surface area contributed by atoms with Gasteiger partial charge in [-0.25, -0.2) is 18.3 Å². The highest BCUT2D eigenvalue weighted by atomic mass is 19.2. The highest BCUT2D eigenvalue weighted by Crippen LogP contribution is 2.32. The summed E-state index contributed by atoms with van der Waals surface area (Å²) in [6.45, 7) is 4.30. The van der Waals surface area contributed by atoms with E-state index in [2.05, 4.69) is 25.9 Å². The van der Waals surface area contributed by atoms with E-state index in [9.17, 15) is 18.7 Å². The molecule has 4 N–H and O–H groups in total. The molecular formula is C27H29F2N7O3. The molecule has 204 valence electrons. The lowest BCUT2D eigenvalue weighted by Gasteiger charge is -2.21. The van der Waals surface area contributed by atoms with Crippen molar-refractivity contribution in [1.29, 1.82) is 0 Å². The quantitative estimate of drug-likeness (QED) is 0.272. The first-order valence-electron chi connectivity index (χ1n) is 12.5. The number of hydrogen-bond acceptors (Lipinski definition) is 6. The lowest BCUT2D eigenvalue weighted by atomic mass is 9.94. The van der Waals surface area contributed by atoms with Gasteiger partial charge in [-0.2, -0.15) is 5.10 Å². The number of amides is 2. The fraction of sp³-hybridized carbons (Fsp3) is 0.296. The second-order valence-electron chi connectivity index (χ2n) is 9.53. The summed E-state index contributed by atoms with van der Waals surface area (Å²) in [6, 6.07) is 12.1. The number of anilines is 2. The van der Waals surface area contributed by atoms with E-state index in [0.29, 0.717) is 35.7 Å². The van der Waals surface area contributed by atoms with Crippen LogP contribution in [0, 0.1) is 18.6 Å². The molecule has 0 radical (unpaired) electrons. The van der Waals surface area contributed by atoms with Gasteiger partial charge in [-0.05, 0) is 43.7 Å². The number of rotatable bonds is 8. The van der Waals surface area contributed by atoms with E-state index in [1.807, 2.05) is 35.2 Å². The molecule has 1 saturated heterocycles. The fourth-order valence-electron chi connectivity index (χ4n) is 4.69. The van der Waals surface area contributed by atoms with Crippen LogP contribution in [0.15, 0.2) is 60.9 Å². The third kappa shape index (κ3) is 5.70. The number of carbonyl (C=O) groups is 1. The van der Waals surface area contributed by atoms with Crippen molar-refractivity contribution < 1.29 is 23.4 Å². The number of aromatic amines is 1. The van der Waals surface area contributed by atoms with E-state index < -0.39 is 29.8 Å². The molecule has 39 heavy (non-hydrogen) atoms. The molecule has 2 amide bonds. The maximum absolute atomic E-state index is 14.1. The van der Waals surface area contributed by atoms with Crippen LogP contribution >= 0.6 is 0 Å². The van der Waals surface area contributed by atoms with Crippen LogP contribution in [0.3, 0.4) is 0 Å². The Morgan fingerprint density at radius 3 is 2.67 bits per heavy atom. The standard InChI is InChI=1S/C27H29F2N7O3/c1-16(37)15-39-26-17(2)25(36(34-26)19-6-4-3-5-7-19)33-27(38)32-24-14-35(20-11-30-31-12-20)13-21(24)18-8-9-22(28)23(29)10-18/h3-12,16,21,24,37H,13-15H2,1-2H3,(H,30,31)(H2,32,33,38). The number of carbonyl (C=O) groups excluding carboxylic acids is 1. The van der Waals surface area contributed by atoms with Crippen LogP contribution in [0.25, 0.3) is 5.69 Å². The number of H-pyrrole nitrogens is 1. The van der Waals surface area contributed by atoms with Crippen molar-refractivity contribution in [3.63, 3.8) is 0 Å². The molecule has 4 aromatic rings. The van der Waals surface area contributed by atoms with Crippen molar-refractivity contribution in [3.8, 4) is 11.6 Å². The van der Waals surface area contributed by atoms with Gasteiger partial charge < -0.3 is 20.1 Å². The third-order valence-electron chi connectivity index (χ3n) is 6.63. The molecule has 0 spiro atoms. The van der Waals surface area contributed by atoms with Crippen LogP contribution in [0.1, 0.15) is 24.0 Å². The minimum Gasteiger partial charge on any atom is -0.474 e. The number of halogens is 2. The van der Waals surface area contributed by atoms with Crippen LogP contribution in [0.4, 0.5) is 25.1 Å². The number of aliphatic hydroxyl groups excluding tert-OH is 1. The zero-order chi connectivity index (χ0) is 27.5. The lowest BCUT2D eigenvalue weighted by molar-refractivity contribution is 0.119. The van der Waals surface area contributed by atoms with Gasteiger partial charge in [0, 0.05) is 25.2 Å². The Labute approximate surface area is 223 Å². The van der Waals surface area contributed by atoms with Crippen LogP contribution in [-0.4, -0.2) is 63.0 Å². The Kier molecular flexibility index (Phi) is 7.46. The minimum atomic E-state index is -0.940. The Bertz CT molecular complexity index is 1430. The molecule has 3 unspecified atom stereocenters. The number of para-hydroxylation sites is 1. The normalized spacial score (nSPS) is 17.7. The monoisotopic (exact) mass is 537 g/mol. The van der Waals surface area contributed by atoms with Crippen molar-refractivity contribution in [2.24, 2.45) is 0 Å². The highest BCUT2D eigenvalue weighted by Gasteiger charge is 2.36. The van der Waals surface area contributed by atoms with Crippen LogP contribution in [0.2, 0.25) is 0 Å². The predicted octanol–water partition coefficient (Wildman–Crippen LogP) is 3.74. The first-order chi connectivity index (χ1) is 18.8. The largest absolute Gasteiger partial charge is 0.474 e. The molecule has 0 bridgehead atoms. The second-order valence-corrected chi connectivity index (χ2v) is 9.53. The van der Waals surface area contributed by atoms with Crippen LogP contribution in [-0.2, 0) is 0 Å². The number of nitrogens with zero attached hydrogens (tertiary/aromatic N) is 4. The third-order valence-corrected chi connectivity index (χ3v) is 6.63. The molecule has 10 nitrogen and oxygen atoms in total. The zero-order valence-corrected chi connectivity index (χ0v) is 21.4. The number of ether oxygens (including phenoxy) is 1. The van der Waals surface area contributed by atoms with E-state index in [4.69, 9.17) is 4.74 Å². The number of aliphatic hydroxyl groups is 1. The second kappa shape index (κ2) is 11.1. The molecule has 2 aromatic carbocycles. The molecule has 0 saturated carbocycles. The SMILES string of the molecule is Cc1c(OCC(C)O)nn(-c2ccccc2)c1NC(=O)NC1CN(c2cn[nH]c2)CC1c1ccc(F)c(F)c1. The van der Waals surface area contributed by atoms with Gasteiger partial charge in [0.05, 0.1) is 35.3 Å². The molecule has 1 aliphatic rings. The summed E-state index contributed by atoms with van der Waals surface area (Å²) in [5, 5.41) is 26.8. The smallest absolute Gasteiger partial charge is 0.320 e. The van der Waals surface area contributed by atoms with Gasteiger partial charge >= 0.3 is 6.03 Å². The summed E-state index contributed by atoms with van der Waals surface area (Å²) >= 11 is 0. The Balaban J connectivity index is 1.40. The van der Waals surface area contributed by atoms with Gasteiger partial charge in [0.1, 0.15) is 12.4 Å². The van der Waals surface area contributed by atoms with Gasteiger partial charge in [0.2, 0.25) is 5.88 Å². The maximum atomic E-state index is 14.1. The van der Waals surface area contributed by atoms with Crippen molar-refractivity contribution in [2.45, 2.75) is 31.9 Å². The first kappa shape index (κ1) is 26.2. The first-order valence-corrected chi connectivity index (χ1v) is 12.5. The summed E-state index contributed by atoms with van der Waals surface area (Å²) < 4.78 is 35.0. The number of nitrogens with one attached hydrogen (secondary N) is 3. The lowest BCUT2D eigenvalue weighted by Crippen LogP contribution is -2.42. The van der Waals surface area contributed by atoms with E-state index >= 15 is 0 Å². The number of aromatic nitrogens is 4. The molecule has 3 atom stereocenters. The average molecular weight is 538 g/mol. The number of benzene rings is 2. The van der Waals surface area contributed by atoms with Gasteiger partial charge in [-0.3, -0.25) is 10.4 Å².